The predicted molar refractivity (Wildman–Crippen MR) is 143 cm³/mol. The first-order valence-electron chi connectivity index (χ1n) is 13.4. The summed E-state index contributed by atoms with van der Waals surface area (Å²) in [5.41, 5.74) is 1.20. The fourth-order valence-corrected chi connectivity index (χ4v) is 5.59. The number of carbonyl (C=O) groups excluding carboxylic acids is 2. The average molecular weight is 557 g/mol. The summed E-state index contributed by atoms with van der Waals surface area (Å²) in [5.74, 6) is 0.0724. The van der Waals surface area contributed by atoms with E-state index in [9.17, 15) is 27.6 Å². The first-order chi connectivity index (χ1) is 19.0. The number of nitrogens with one attached hydrogen (secondary N) is 1. The number of piperidine rings is 1. The Kier molecular flexibility index (Phi) is 7.52. The highest BCUT2D eigenvalue weighted by Gasteiger charge is 2.31. The van der Waals surface area contributed by atoms with Crippen molar-refractivity contribution in [3.63, 3.8) is 0 Å². The van der Waals surface area contributed by atoms with Gasteiger partial charge in [-0.15, -0.1) is 5.10 Å². The molecule has 5 rings (SSSR count). The van der Waals surface area contributed by atoms with Gasteiger partial charge in [0.2, 0.25) is 17.6 Å². The maximum atomic E-state index is 13.8. The van der Waals surface area contributed by atoms with Gasteiger partial charge in [0, 0.05) is 37.0 Å². The van der Waals surface area contributed by atoms with Crippen LogP contribution in [0.25, 0.3) is 11.4 Å². The van der Waals surface area contributed by atoms with Gasteiger partial charge < -0.3 is 14.8 Å². The second kappa shape index (κ2) is 10.9. The number of carbonyl (C=O) groups is 2. The normalized spacial score (nSPS) is 16.7. The van der Waals surface area contributed by atoms with Crippen LogP contribution in [0.4, 0.5) is 18.9 Å². The topological polar surface area (TPSA) is 102 Å². The van der Waals surface area contributed by atoms with Crippen molar-refractivity contribution in [2.75, 3.05) is 18.4 Å². The molecule has 0 radical (unpaired) electrons. The van der Waals surface area contributed by atoms with Crippen molar-refractivity contribution in [1.82, 2.24) is 24.1 Å². The van der Waals surface area contributed by atoms with Crippen LogP contribution in [0, 0.1) is 6.92 Å². The van der Waals surface area contributed by atoms with Crippen molar-refractivity contribution in [2.24, 2.45) is 0 Å². The Morgan fingerprint density at radius 3 is 2.40 bits per heavy atom. The summed E-state index contributed by atoms with van der Waals surface area (Å²) in [6.45, 7) is 4.14. The van der Waals surface area contributed by atoms with Crippen LogP contribution in [0.1, 0.15) is 74.0 Å². The zero-order chi connectivity index (χ0) is 28.6. The number of aromatic nitrogens is 4. The number of hydrogen-bond acceptors (Lipinski definition) is 5. The Morgan fingerprint density at radius 1 is 1.10 bits per heavy atom. The highest BCUT2D eigenvalue weighted by atomic mass is 19.4. The van der Waals surface area contributed by atoms with Crippen LogP contribution in [-0.2, 0) is 22.3 Å². The number of alkyl halides is 3. The molecule has 12 heteroatoms. The molecule has 2 amide bonds. The minimum Gasteiger partial charge on any atom is -0.343 e. The van der Waals surface area contributed by atoms with Crippen LogP contribution in [0.15, 0.2) is 35.1 Å². The lowest BCUT2D eigenvalue weighted by Crippen LogP contribution is -2.39. The number of rotatable bonds is 5. The molecule has 0 unspecified atom stereocenters. The largest absolute Gasteiger partial charge is 0.416 e. The Labute approximate surface area is 228 Å². The molecule has 0 atom stereocenters. The zero-order valence-corrected chi connectivity index (χ0v) is 22.4. The summed E-state index contributed by atoms with van der Waals surface area (Å²) in [6, 6.07) is 4.22. The lowest BCUT2D eigenvalue weighted by atomic mass is 9.89. The number of anilines is 1. The van der Waals surface area contributed by atoms with Crippen molar-refractivity contribution in [1.29, 1.82) is 0 Å². The number of nitrogens with zero attached hydrogens (tertiary/aromatic N) is 5. The second-order valence-electron chi connectivity index (χ2n) is 10.4. The summed E-state index contributed by atoms with van der Waals surface area (Å²) in [5, 5.41) is 7.21. The van der Waals surface area contributed by atoms with Crippen LogP contribution < -0.4 is 10.9 Å². The molecular weight excluding hydrogens is 525 g/mol. The molecule has 3 heterocycles. The van der Waals surface area contributed by atoms with E-state index in [2.05, 4.69) is 21.5 Å². The summed E-state index contributed by atoms with van der Waals surface area (Å²) < 4.78 is 41.7. The monoisotopic (exact) mass is 556 g/mol. The Hall–Kier alpha value is -3.96. The van der Waals surface area contributed by atoms with Gasteiger partial charge in [0.15, 0.2) is 5.82 Å². The van der Waals surface area contributed by atoms with Gasteiger partial charge in [-0.1, -0.05) is 6.08 Å². The number of halogens is 3. The molecule has 1 N–H and O–H groups in total. The molecule has 40 heavy (non-hydrogen) atoms. The van der Waals surface area contributed by atoms with E-state index in [0.29, 0.717) is 43.0 Å². The molecule has 2 aromatic heterocycles. The fraction of sp³-hybridized carbons (Fsp3) is 0.464. The molecule has 0 saturated carbocycles. The minimum absolute atomic E-state index is 0.00959. The van der Waals surface area contributed by atoms with Crippen molar-refractivity contribution in [3.8, 4) is 0 Å². The molecule has 2 aliphatic rings. The van der Waals surface area contributed by atoms with Gasteiger partial charge in [0.05, 0.1) is 5.56 Å². The molecule has 1 saturated heterocycles. The Bertz CT molecular complexity index is 1530. The van der Waals surface area contributed by atoms with Gasteiger partial charge in [-0.2, -0.15) is 22.7 Å². The summed E-state index contributed by atoms with van der Waals surface area (Å²) in [4.78, 5) is 45.1. The minimum atomic E-state index is -4.47. The van der Waals surface area contributed by atoms with Gasteiger partial charge in [0.1, 0.15) is 6.54 Å². The summed E-state index contributed by atoms with van der Waals surface area (Å²) in [7, 11) is 0. The SMILES string of the molecule is CC(=O)N1CCC(c2c(C)n(CC(=O)Nc3ccc(C(F)(F)F)cc3)c3nc(C4=CCCCC4)nn3c2=O)CC1. The molecule has 9 nitrogen and oxygen atoms in total. The van der Waals surface area contributed by atoms with E-state index in [0.717, 1.165) is 43.4 Å². The highest BCUT2D eigenvalue weighted by molar-refractivity contribution is 5.90. The molecule has 1 aromatic carbocycles. The predicted octanol–water partition coefficient (Wildman–Crippen LogP) is 4.54. The smallest absolute Gasteiger partial charge is 0.343 e. The second-order valence-corrected chi connectivity index (χ2v) is 10.4. The number of allylic oxidation sites excluding steroid dienone is 2. The molecule has 212 valence electrons. The van der Waals surface area contributed by atoms with Gasteiger partial charge in [-0.3, -0.25) is 14.4 Å². The third-order valence-corrected chi connectivity index (χ3v) is 7.77. The number of amides is 2. The maximum Gasteiger partial charge on any atom is 0.416 e. The lowest BCUT2D eigenvalue weighted by molar-refractivity contribution is -0.137. The van der Waals surface area contributed by atoms with Crippen molar-refractivity contribution >= 4 is 28.9 Å². The first-order valence-corrected chi connectivity index (χ1v) is 13.4. The fourth-order valence-electron chi connectivity index (χ4n) is 5.59. The number of benzene rings is 1. The van der Waals surface area contributed by atoms with Gasteiger partial charge >= 0.3 is 6.18 Å². The third-order valence-electron chi connectivity index (χ3n) is 7.77. The van der Waals surface area contributed by atoms with E-state index in [1.807, 2.05) is 0 Å². The molecule has 3 aromatic rings. The van der Waals surface area contributed by atoms with Crippen molar-refractivity contribution in [3.05, 3.63) is 63.3 Å². The van der Waals surface area contributed by atoms with Crippen LogP contribution in [0.5, 0.6) is 0 Å². The zero-order valence-electron chi connectivity index (χ0n) is 22.4. The van der Waals surface area contributed by atoms with E-state index in [1.165, 1.54) is 23.6 Å². The maximum absolute atomic E-state index is 13.8. The van der Waals surface area contributed by atoms with Gasteiger partial charge in [-0.05, 0) is 81.2 Å². The van der Waals surface area contributed by atoms with Crippen LogP contribution in [0.3, 0.4) is 0 Å². The lowest BCUT2D eigenvalue weighted by Gasteiger charge is -2.32. The summed E-state index contributed by atoms with van der Waals surface area (Å²) >= 11 is 0. The number of fused-ring (bicyclic) bond motifs is 1. The van der Waals surface area contributed by atoms with Crippen LogP contribution >= 0.6 is 0 Å². The van der Waals surface area contributed by atoms with Gasteiger partial charge in [0.25, 0.3) is 5.56 Å². The van der Waals surface area contributed by atoms with E-state index in [4.69, 9.17) is 0 Å². The highest BCUT2D eigenvalue weighted by Crippen LogP contribution is 2.31. The Balaban J connectivity index is 1.51. The van der Waals surface area contributed by atoms with E-state index in [1.54, 1.807) is 16.4 Å². The van der Waals surface area contributed by atoms with Crippen LogP contribution in [0.2, 0.25) is 0 Å². The Morgan fingerprint density at radius 2 is 1.80 bits per heavy atom. The van der Waals surface area contributed by atoms with E-state index in [-0.39, 0.29) is 35.4 Å². The molecule has 1 aliphatic carbocycles. The van der Waals surface area contributed by atoms with Gasteiger partial charge in [-0.25, -0.2) is 0 Å². The quantitative estimate of drug-likeness (QED) is 0.497. The van der Waals surface area contributed by atoms with Crippen LogP contribution in [-0.4, -0.2) is 49.0 Å². The first kappa shape index (κ1) is 27.6. The number of likely N-dealkylation sites (tertiary alicyclic amines) is 1. The van der Waals surface area contributed by atoms with Crippen molar-refractivity contribution < 1.29 is 22.8 Å². The third kappa shape index (κ3) is 5.52. The molecule has 1 fully saturated rings. The average Bonchev–Trinajstić information content (AvgIpc) is 3.38. The molecule has 0 spiro atoms. The van der Waals surface area contributed by atoms with E-state index < -0.39 is 17.6 Å². The molecule has 1 aliphatic heterocycles. The molecule has 0 bridgehead atoms. The number of hydrogen-bond donors (Lipinski definition) is 1. The molecular formula is C28H31F3N6O3. The van der Waals surface area contributed by atoms with Crippen molar-refractivity contribution in [2.45, 2.75) is 71.0 Å². The summed E-state index contributed by atoms with van der Waals surface area (Å²) in [6.07, 6.45) is 2.60. The van der Waals surface area contributed by atoms with E-state index >= 15 is 0 Å². The standard InChI is InChI=1S/C28H31F3N6O3/c1-17-24(19-12-14-35(15-13-19)18(2)38)26(40)37-27(33-25(34-37)20-6-4-3-5-7-20)36(17)16-23(39)32-22-10-8-21(9-11-22)28(29,30)31/h6,8-11,19H,3-5,7,12-16H2,1-2H3,(H,32,39).